The predicted molar refractivity (Wildman–Crippen MR) is 79.9 cm³/mol. The van der Waals surface area contributed by atoms with Crippen LogP contribution in [-0.4, -0.2) is 41.2 Å². The molecule has 0 spiro atoms. The maximum atomic E-state index is 12.4. The average molecular weight is 293 g/mol. The summed E-state index contributed by atoms with van der Waals surface area (Å²) in [7, 11) is 0. The second-order valence-corrected chi connectivity index (χ2v) is 6.34. The zero-order valence-corrected chi connectivity index (χ0v) is 12.6. The van der Waals surface area contributed by atoms with Gasteiger partial charge in [-0.05, 0) is 37.3 Å². The molecular formula is C15H19NO3S. The molecule has 1 amide bonds. The molecule has 0 aliphatic carbocycles. The summed E-state index contributed by atoms with van der Waals surface area (Å²) in [5, 5.41) is 9.22. The van der Waals surface area contributed by atoms with Crippen LogP contribution in [0.4, 0.5) is 0 Å². The van der Waals surface area contributed by atoms with Crippen LogP contribution in [0, 0.1) is 5.41 Å². The van der Waals surface area contributed by atoms with E-state index in [0.29, 0.717) is 18.5 Å². The van der Waals surface area contributed by atoms with Crippen molar-refractivity contribution >= 4 is 23.6 Å². The number of likely N-dealkylation sites (tertiary alicyclic amines) is 1. The van der Waals surface area contributed by atoms with Crippen molar-refractivity contribution in [3.05, 3.63) is 35.4 Å². The topological polar surface area (TPSA) is 57.6 Å². The number of benzene rings is 1. The molecule has 2 rings (SSSR count). The summed E-state index contributed by atoms with van der Waals surface area (Å²) < 4.78 is 0. The minimum atomic E-state index is -0.830. The molecule has 1 heterocycles. The molecule has 1 aromatic carbocycles. The lowest BCUT2D eigenvalue weighted by molar-refractivity contribution is -0.147. The summed E-state index contributed by atoms with van der Waals surface area (Å²) in [6.07, 6.45) is 2.53. The van der Waals surface area contributed by atoms with Crippen LogP contribution in [0.1, 0.15) is 29.3 Å². The predicted octanol–water partition coefficient (Wildman–Crippen LogP) is 2.49. The van der Waals surface area contributed by atoms with Gasteiger partial charge in [0.05, 0.1) is 5.41 Å². The molecule has 0 bridgehead atoms. The Morgan fingerprint density at radius 2 is 2.20 bits per heavy atom. The summed E-state index contributed by atoms with van der Waals surface area (Å²) in [6.45, 7) is 2.50. The zero-order valence-electron chi connectivity index (χ0n) is 11.8. The summed E-state index contributed by atoms with van der Waals surface area (Å²) in [4.78, 5) is 25.3. The van der Waals surface area contributed by atoms with Gasteiger partial charge in [-0.1, -0.05) is 12.1 Å². The second-order valence-electron chi connectivity index (χ2n) is 5.48. The molecule has 1 fully saturated rings. The van der Waals surface area contributed by atoms with Gasteiger partial charge in [0.25, 0.3) is 5.91 Å². The molecule has 1 unspecified atom stereocenters. The maximum absolute atomic E-state index is 12.4. The number of rotatable bonds is 4. The quantitative estimate of drug-likeness (QED) is 0.926. The van der Waals surface area contributed by atoms with Crippen molar-refractivity contribution in [1.82, 2.24) is 4.90 Å². The Morgan fingerprint density at radius 1 is 1.45 bits per heavy atom. The van der Waals surface area contributed by atoms with Crippen molar-refractivity contribution in [3.8, 4) is 0 Å². The fourth-order valence-electron chi connectivity index (χ4n) is 2.45. The fourth-order valence-corrected chi connectivity index (χ4v) is 2.97. The first-order chi connectivity index (χ1) is 9.46. The number of thioether (sulfide) groups is 1. The highest BCUT2D eigenvalue weighted by molar-refractivity contribution is 7.97. The van der Waals surface area contributed by atoms with Gasteiger partial charge in [0.2, 0.25) is 0 Å². The summed E-state index contributed by atoms with van der Waals surface area (Å²) in [6, 6.07) is 7.57. The van der Waals surface area contributed by atoms with Crippen molar-refractivity contribution in [2.45, 2.75) is 19.1 Å². The van der Waals surface area contributed by atoms with E-state index < -0.39 is 11.4 Å². The summed E-state index contributed by atoms with van der Waals surface area (Å²) in [5.74, 6) is -0.0320. The first-order valence-electron chi connectivity index (χ1n) is 6.57. The van der Waals surface area contributed by atoms with E-state index in [2.05, 4.69) is 0 Å². The normalized spacial score (nSPS) is 22.0. The molecule has 1 N–H and O–H groups in total. The standard InChI is InChI=1S/C15H19NO3S/c1-15(14(18)19)6-7-16(10-15)13(17)12-5-3-4-11(8-12)9-20-2/h3-5,8H,6-7,9-10H2,1-2H3,(H,18,19). The first-order valence-corrected chi connectivity index (χ1v) is 7.96. The van der Waals surface area contributed by atoms with E-state index >= 15 is 0 Å². The van der Waals surface area contributed by atoms with Gasteiger partial charge in [-0.25, -0.2) is 0 Å². The second kappa shape index (κ2) is 5.87. The van der Waals surface area contributed by atoms with Crippen LogP contribution >= 0.6 is 11.8 Å². The van der Waals surface area contributed by atoms with Crippen molar-refractivity contribution in [3.63, 3.8) is 0 Å². The minimum absolute atomic E-state index is 0.0714. The van der Waals surface area contributed by atoms with Crippen molar-refractivity contribution < 1.29 is 14.7 Å². The van der Waals surface area contributed by atoms with Crippen LogP contribution in [-0.2, 0) is 10.5 Å². The Morgan fingerprint density at radius 3 is 2.80 bits per heavy atom. The number of nitrogens with zero attached hydrogens (tertiary/aromatic N) is 1. The average Bonchev–Trinajstić information content (AvgIpc) is 2.83. The Labute approximate surface area is 123 Å². The van der Waals surface area contributed by atoms with Crippen LogP contribution in [0.5, 0.6) is 0 Å². The number of hydrogen-bond donors (Lipinski definition) is 1. The van der Waals surface area contributed by atoms with E-state index in [1.165, 1.54) is 0 Å². The Kier molecular flexibility index (Phi) is 4.38. The van der Waals surface area contributed by atoms with E-state index in [0.717, 1.165) is 11.3 Å². The third kappa shape index (κ3) is 2.98. The molecule has 1 aliphatic heterocycles. The zero-order chi connectivity index (χ0) is 14.8. The van der Waals surface area contributed by atoms with E-state index in [4.69, 9.17) is 0 Å². The van der Waals surface area contributed by atoms with Crippen molar-refractivity contribution in [2.75, 3.05) is 19.3 Å². The number of carbonyl (C=O) groups excluding carboxylic acids is 1. The molecule has 4 nitrogen and oxygen atoms in total. The fraction of sp³-hybridized carbons (Fsp3) is 0.467. The lowest BCUT2D eigenvalue weighted by atomic mass is 9.90. The van der Waals surface area contributed by atoms with Crippen molar-refractivity contribution in [2.24, 2.45) is 5.41 Å². The van der Waals surface area contributed by atoms with Gasteiger partial charge in [0.1, 0.15) is 0 Å². The third-order valence-electron chi connectivity index (χ3n) is 3.76. The van der Waals surface area contributed by atoms with Gasteiger partial charge < -0.3 is 10.0 Å². The van der Waals surface area contributed by atoms with E-state index in [1.807, 2.05) is 24.5 Å². The van der Waals surface area contributed by atoms with Gasteiger partial charge >= 0.3 is 5.97 Å². The third-order valence-corrected chi connectivity index (χ3v) is 4.38. The lowest BCUT2D eigenvalue weighted by Gasteiger charge is -2.20. The Bertz CT molecular complexity index is 532. The molecule has 20 heavy (non-hydrogen) atoms. The summed E-state index contributed by atoms with van der Waals surface area (Å²) in [5.41, 5.74) is 0.946. The highest BCUT2D eigenvalue weighted by Crippen LogP contribution is 2.31. The van der Waals surface area contributed by atoms with Gasteiger partial charge in [-0.2, -0.15) is 11.8 Å². The van der Waals surface area contributed by atoms with Crippen LogP contribution in [0.25, 0.3) is 0 Å². The molecule has 1 atom stereocenters. The smallest absolute Gasteiger partial charge is 0.311 e. The van der Waals surface area contributed by atoms with Crippen LogP contribution in [0.15, 0.2) is 24.3 Å². The minimum Gasteiger partial charge on any atom is -0.481 e. The van der Waals surface area contributed by atoms with E-state index in [9.17, 15) is 14.7 Å². The highest BCUT2D eigenvalue weighted by atomic mass is 32.2. The molecule has 1 saturated heterocycles. The van der Waals surface area contributed by atoms with Crippen LogP contribution < -0.4 is 0 Å². The molecule has 108 valence electrons. The van der Waals surface area contributed by atoms with Gasteiger partial charge in [0.15, 0.2) is 0 Å². The molecule has 5 heteroatoms. The molecule has 0 saturated carbocycles. The van der Waals surface area contributed by atoms with Crippen LogP contribution in [0.3, 0.4) is 0 Å². The maximum Gasteiger partial charge on any atom is 0.311 e. The molecule has 0 aromatic heterocycles. The SMILES string of the molecule is CSCc1cccc(C(=O)N2CCC(C)(C(=O)O)C2)c1. The molecular weight excluding hydrogens is 274 g/mol. The summed E-state index contributed by atoms with van der Waals surface area (Å²) >= 11 is 1.71. The Hall–Kier alpha value is -1.49. The number of carbonyl (C=O) groups is 2. The molecule has 1 aromatic rings. The van der Waals surface area contributed by atoms with Gasteiger partial charge in [0, 0.05) is 24.4 Å². The Balaban J connectivity index is 2.13. The number of carboxylic acid groups (broad SMARTS) is 1. The van der Waals surface area contributed by atoms with Crippen LogP contribution in [0.2, 0.25) is 0 Å². The first kappa shape index (κ1) is 14.9. The molecule has 1 aliphatic rings. The van der Waals surface area contributed by atoms with E-state index in [-0.39, 0.29) is 12.5 Å². The number of amides is 1. The monoisotopic (exact) mass is 293 g/mol. The van der Waals surface area contributed by atoms with Crippen molar-refractivity contribution in [1.29, 1.82) is 0 Å². The lowest BCUT2D eigenvalue weighted by Crippen LogP contribution is -2.34. The number of aliphatic carboxylic acids is 1. The van der Waals surface area contributed by atoms with Gasteiger partial charge in [-0.15, -0.1) is 0 Å². The molecule has 0 radical (unpaired) electrons. The number of hydrogen-bond acceptors (Lipinski definition) is 3. The highest BCUT2D eigenvalue weighted by Gasteiger charge is 2.42. The number of carboxylic acids is 1. The van der Waals surface area contributed by atoms with Gasteiger partial charge in [-0.3, -0.25) is 9.59 Å². The van der Waals surface area contributed by atoms with E-state index in [1.54, 1.807) is 29.7 Å². The largest absolute Gasteiger partial charge is 0.481 e.